The molecule has 0 N–H and O–H groups in total. The SMILES string of the molecule is N#Cc1oc2ccccc2c1OCC(F)(F)F. The highest BCUT2D eigenvalue weighted by atomic mass is 19.4. The van der Waals surface area contributed by atoms with Crippen molar-refractivity contribution in [2.45, 2.75) is 6.18 Å². The quantitative estimate of drug-likeness (QED) is 0.810. The van der Waals surface area contributed by atoms with Gasteiger partial charge in [-0.1, -0.05) is 12.1 Å². The summed E-state index contributed by atoms with van der Waals surface area (Å²) < 4.78 is 45.8. The van der Waals surface area contributed by atoms with Crippen LogP contribution in [-0.2, 0) is 0 Å². The molecule has 0 aliphatic heterocycles. The summed E-state index contributed by atoms with van der Waals surface area (Å²) >= 11 is 0. The number of nitrogens with zero attached hydrogens (tertiary/aromatic N) is 1. The zero-order valence-electron chi connectivity index (χ0n) is 8.41. The van der Waals surface area contributed by atoms with Crippen molar-refractivity contribution in [3.05, 3.63) is 30.0 Å². The predicted molar refractivity (Wildman–Crippen MR) is 52.5 cm³/mol. The first-order valence-electron chi connectivity index (χ1n) is 4.62. The molecule has 0 radical (unpaired) electrons. The van der Waals surface area contributed by atoms with E-state index in [2.05, 4.69) is 4.74 Å². The van der Waals surface area contributed by atoms with Crippen LogP contribution in [0.5, 0.6) is 5.75 Å². The van der Waals surface area contributed by atoms with Gasteiger partial charge in [-0.15, -0.1) is 0 Å². The van der Waals surface area contributed by atoms with Crippen molar-refractivity contribution in [1.29, 1.82) is 5.26 Å². The van der Waals surface area contributed by atoms with Crippen molar-refractivity contribution in [3.8, 4) is 11.8 Å². The molecule has 1 aromatic heterocycles. The summed E-state index contributed by atoms with van der Waals surface area (Å²) in [5, 5.41) is 9.10. The van der Waals surface area contributed by atoms with Gasteiger partial charge in [0.25, 0.3) is 0 Å². The molecule has 88 valence electrons. The number of rotatable bonds is 2. The molecule has 0 saturated heterocycles. The van der Waals surface area contributed by atoms with E-state index in [9.17, 15) is 13.2 Å². The van der Waals surface area contributed by atoms with Crippen LogP contribution in [0.25, 0.3) is 11.0 Å². The molecule has 2 rings (SSSR count). The van der Waals surface area contributed by atoms with Crippen LogP contribution in [-0.4, -0.2) is 12.8 Å². The lowest BCUT2D eigenvalue weighted by Crippen LogP contribution is -2.19. The van der Waals surface area contributed by atoms with E-state index in [0.717, 1.165) is 0 Å². The van der Waals surface area contributed by atoms with E-state index in [1.807, 2.05) is 0 Å². The summed E-state index contributed by atoms with van der Waals surface area (Å²) in [5.41, 5.74) is 0.321. The van der Waals surface area contributed by atoms with Gasteiger partial charge < -0.3 is 9.15 Å². The normalized spacial score (nSPS) is 11.4. The molecule has 0 unspecified atom stereocenters. The fourth-order valence-electron chi connectivity index (χ4n) is 1.39. The first kappa shape index (κ1) is 11.3. The zero-order chi connectivity index (χ0) is 12.5. The third kappa shape index (κ3) is 2.33. The Morgan fingerprint density at radius 1 is 1.29 bits per heavy atom. The van der Waals surface area contributed by atoms with Gasteiger partial charge in [0.2, 0.25) is 5.76 Å². The Morgan fingerprint density at radius 2 is 2.00 bits per heavy atom. The van der Waals surface area contributed by atoms with Crippen molar-refractivity contribution in [2.24, 2.45) is 0 Å². The summed E-state index contributed by atoms with van der Waals surface area (Å²) in [6.45, 7) is -1.45. The fraction of sp³-hybridized carbons (Fsp3) is 0.182. The molecule has 0 fully saturated rings. The van der Waals surface area contributed by atoms with Crippen molar-refractivity contribution >= 4 is 11.0 Å². The molecule has 0 spiro atoms. The van der Waals surface area contributed by atoms with Gasteiger partial charge >= 0.3 is 6.18 Å². The number of furan rings is 1. The second kappa shape index (κ2) is 4.01. The highest BCUT2D eigenvalue weighted by molar-refractivity contribution is 5.86. The monoisotopic (exact) mass is 241 g/mol. The molecule has 3 nitrogen and oxygen atoms in total. The summed E-state index contributed by atoms with van der Waals surface area (Å²) in [6.07, 6.45) is -4.45. The molecule has 0 aliphatic carbocycles. The minimum Gasteiger partial charge on any atom is -0.479 e. The Labute approximate surface area is 94.0 Å². The second-order valence-electron chi connectivity index (χ2n) is 3.27. The fourth-order valence-corrected chi connectivity index (χ4v) is 1.39. The van der Waals surface area contributed by atoms with Crippen LogP contribution >= 0.6 is 0 Å². The van der Waals surface area contributed by atoms with Gasteiger partial charge in [0.1, 0.15) is 11.7 Å². The maximum atomic E-state index is 12.0. The topological polar surface area (TPSA) is 46.2 Å². The number of para-hydroxylation sites is 1. The van der Waals surface area contributed by atoms with Crippen molar-refractivity contribution in [2.75, 3.05) is 6.61 Å². The van der Waals surface area contributed by atoms with Crippen LogP contribution in [0.15, 0.2) is 28.7 Å². The molecular weight excluding hydrogens is 235 g/mol. The lowest BCUT2D eigenvalue weighted by atomic mass is 10.2. The first-order chi connectivity index (χ1) is 8.01. The Morgan fingerprint density at radius 3 is 2.65 bits per heavy atom. The number of hydrogen-bond acceptors (Lipinski definition) is 3. The van der Waals surface area contributed by atoms with E-state index in [0.29, 0.717) is 11.0 Å². The second-order valence-corrected chi connectivity index (χ2v) is 3.27. The molecule has 0 saturated carbocycles. The van der Waals surface area contributed by atoms with Gasteiger partial charge in [0.05, 0.1) is 5.39 Å². The highest BCUT2D eigenvalue weighted by Gasteiger charge is 2.30. The predicted octanol–water partition coefficient (Wildman–Crippen LogP) is 3.25. The highest BCUT2D eigenvalue weighted by Crippen LogP contribution is 2.33. The molecule has 0 bridgehead atoms. The van der Waals surface area contributed by atoms with Crippen molar-refractivity contribution in [3.63, 3.8) is 0 Å². The Hall–Kier alpha value is -2.16. The number of benzene rings is 1. The maximum absolute atomic E-state index is 12.0. The van der Waals surface area contributed by atoms with Crippen LogP contribution in [0.1, 0.15) is 5.76 Å². The van der Waals surface area contributed by atoms with Gasteiger partial charge in [0, 0.05) is 0 Å². The van der Waals surface area contributed by atoms with Crippen LogP contribution < -0.4 is 4.74 Å². The summed E-state index contributed by atoms with van der Waals surface area (Å²) in [7, 11) is 0. The molecule has 6 heteroatoms. The van der Waals surface area contributed by atoms with Crippen molar-refractivity contribution in [1.82, 2.24) is 0 Å². The molecule has 1 aromatic carbocycles. The number of nitriles is 1. The summed E-state index contributed by atoms with van der Waals surface area (Å²) in [5.74, 6) is -0.420. The summed E-state index contributed by atoms with van der Waals surface area (Å²) in [6, 6.07) is 8.03. The van der Waals surface area contributed by atoms with E-state index in [1.165, 1.54) is 6.07 Å². The van der Waals surface area contributed by atoms with Gasteiger partial charge in [0.15, 0.2) is 12.4 Å². The van der Waals surface area contributed by atoms with Crippen LogP contribution in [0.4, 0.5) is 13.2 Å². The number of fused-ring (bicyclic) bond motifs is 1. The van der Waals surface area contributed by atoms with Gasteiger partial charge in [-0.05, 0) is 12.1 Å². The number of hydrogen-bond donors (Lipinski definition) is 0. The van der Waals surface area contributed by atoms with E-state index in [1.54, 1.807) is 24.3 Å². The zero-order valence-corrected chi connectivity index (χ0v) is 8.41. The third-order valence-corrected chi connectivity index (χ3v) is 2.03. The van der Waals surface area contributed by atoms with Crippen LogP contribution in [0, 0.1) is 11.3 Å². The van der Waals surface area contributed by atoms with E-state index < -0.39 is 12.8 Å². The van der Waals surface area contributed by atoms with Crippen LogP contribution in [0.2, 0.25) is 0 Å². The molecular formula is C11H6F3NO2. The minimum absolute atomic E-state index is 0.166. The standard InChI is InChI=1S/C11H6F3NO2/c12-11(13,14)6-16-10-7-3-1-2-4-8(7)17-9(10)5-15/h1-4H,6H2. The van der Waals surface area contributed by atoms with E-state index in [4.69, 9.17) is 9.68 Å². The number of alkyl halides is 3. The molecule has 17 heavy (non-hydrogen) atoms. The lowest BCUT2D eigenvalue weighted by molar-refractivity contribution is -0.153. The van der Waals surface area contributed by atoms with Gasteiger partial charge in [-0.25, -0.2) is 0 Å². The number of ether oxygens (including phenoxy) is 1. The van der Waals surface area contributed by atoms with E-state index in [-0.39, 0.29) is 11.5 Å². The first-order valence-corrected chi connectivity index (χ1v) is 4.62. The Bertz CT molecular complexity index is 580. The third-order valence-electron chi connectivity index (χ3n) is 2.03. The largest absolute Gasteiger partial charge is 0.479 e. The minimum atomic E-state index is -4.45. The van der Waals surface area contributed by atoms with Gasteiger partial charge in [-0.2, -0.15) is 18.4 Å². The average molecular weight is 241 g/mol. The lowest BCUT2D eigenvalue weighted by Gasteiger charge is -2.07. The van der Waals surface area contributed by atoms with Crippen molar-refractivity contribution < 1.29 is 22.3 Å². The smallest absolute Gasteiger partial charge is 0.422 e. The summed E-state index contributed by atoms with van der Waals surface area (Å²) in [4.78, 5) is 0. The maximum Gasteiger partial charge on any atom is 0.422 e. The molecule has 2 aromatic rings. The number of halogens is 3. The van der Waals surface area contributed by atoms with Crippen LogP contribution in [0.3, 0.4) is 0 Å². The molecule has 0 aliphatic rings. The Balaban J connectivity index is 2.41. The Kier molecular flexibility index (Phi) is 2.68. The van der Waals surface area contributed by atoms with E-state index >= 15 is 0 Å². The average Bonchev–Trinajstić information content (AvgIpc) is 2.63. The molecule has 0 atom stereocenters. The molecule has 1 heterocycles. The molecule has 0 amide bonds. The van der Waals surface area contributed by atoms with Gasteiger partial charge in [-0.3, -0.25) is 0 Å².